The molecule has 0 unspecified atom stereocenters. The normalized spacial score (nSPS) is 17.6. The molecule has 1 saturated heterocycles. The molecular weight excluding hydrogens is 288 g/mol. The third kappa shape index (κ3) is 3.35. The summed E-state index contributed by atoms with van der Waals surface area (Å²) in [5.74, 6) is 0.0384. The van der Waals surface area contributed by atoms with Crippen molar-refractivity contribution in [1.82, 2.24) is 4.90 Å². The van der Waals surface area contributed by atoms with Crippen molar-refractivity contribution < 1.29 is 24.2 Å². The van der Waals surface area contributed by atoms with Crippen LogP contribution in [0.15, 0.2) is 18.2 Å². The molecule has 1 amide bonds. The lowest BCUT2D eigenvalue weighted by molar-refractivity contribution is -0.0232. The molecule has 0 aromatic heterocycles. The zero-order valence-corrected chi connectivity index (χ0v) is 12.1. The van der Waals surface area contributed by atoms with Crippen LogP contribution in [0, 0.1) is 11.3 Å². The van der Waals surface area contributed by atoms with Gasteiger partial charge in [0.05, 0.1) is 38.3 Å². The first-order valence-electron chi connectivity index (χ1n) is 6.74. The summed E-state index contributed by atoms with van der Waals surface area (Å²) >= 11 is 0. The van der Waals surface area contributed by atoms with E-state index in [-0.39, 0.29) is 18.7 Å². The van der Waals surface area contributed by atoms with E-state index in [0.29, 0.717) is 24.5 Å². The molecule has 7 heteroatoms. The van der Waals surface area contributed by atoms with Gasteiger partial charge < -0.3 is 19.5 Å². The van der Waals surface area contributed by atoms with E-state index in [2.05, 4.69) is 0 Å². The van der Waals surface area contributed by atoms with Crippen LogP contribution in [0.1, 0.15) is 28.4 Å². The number of Topliss-reactive ketones (excluding diaryl/α,β-unsaturated/α-hetero) is 1. The first kappa shape index (κ1) is 15.8. The first-order chi connectivity index (χ1) is 10.6. The molecule has 0 bridgehead atoms. The summed E-state index contributed by atoms with van der Waals surface area (Å²) in [7, 11) is 1.44. The van der Waals surface area contributed by atoms with Crippen LogP contribution >= 0.6 is 0 Å². The molecule has 116 valence electrons. The Morgan fingerprint density at radius 2 is 2.32 bits per heavy atom. The summed E-state index contributed by atoms with van der Waals surface area (Å²) in [6, 6.07) is 6.74. The third-order valence-corrected chi connectivity index (χ3v) is 3.47. The first-order valence-corrected chi connectivity index (χ1v) is 6.74. The number of nitrogens with zero attached hydrogens (tertiary/aromatic N) is 2. The molecule has 1 aromatic rings. The molecular formula is C15H16N2O5. The summed E-state index contributed by atoms with van der Waals surface area (Å²) in [5.41, 5.74) is 1.06. The number of morpholine rings is 1. The van der Waals surface area contributed by atoms with E-state index in [4.69, 9.17) is 19.8 Å². The van der Waals surface area contributed by atoms with Gasteiger partial charge in [-0.05, 0) is 17.7 Å². The van der Waals surface area contributed by atoms with Gasteiger partial charge in [-0.25, -0.2) is 4.79 Å². The quantitative estimate of drug-likeness (QED) is 0.852. The highest BCUT2D eigenvalue weighted by molar-refractivity contribution is 5.99. The number of hydrogen-bond donors (Lipinski definition) is 1. The summed E-state index contributed by atoms with van der Waals surface area (Å²) in [5, 5.41) is 17.7. The number of rotatable bonds is 4. The lowest BCUT2D eigenvalue weighted by Crippen LogP contribution is -2.41. The fourth-order valence-corrected chi connectivity index (χ4v) is 2.33. The summed E-state index contributed by atoms with van der Waals surface area (Å²) < 4.78 is 10.8. The average Bonchev–Trinajstić information content (AvgIpc) is 2.54. The Hall–Kier alpha value is -2.59. The number of amides is 1. The molecule has 1 aromatic carbocycles. The van der Waals surface area contributed by atoms with Crippen molar-refractivity contribution in [3.8, 4) is 11.8 Å². The van der Waals surface area contributed by atoms with E-state index in [0.717, 1.165) is 5.56 Å². The fraction of sp³-hybridized carbons (Fsp3) is 0.400. The smallest absolute Gasteiger partial charge is 0.407 e. The van der Waals surface area contributed by atoms with Crippen molar-refractivity contribution in [2.75, 3.05) is 26.8 Å². The Morgan fingerprint density at radius 3 is 2.95 bits per heavy atom. The van der Waals surface area contributed by atoms with E-state index in [1.54, 1.807) is 18.2 Å². The average molecular weight is 304 g/mol. The molecule has 0 radical (unpaired) electrons. The molecule has 2 rings (SSSR count). The van der Waals surface area contributed by atoms with Gasteiger partial charge in [0.2, 0.25) is 0 Å². The Labute approximate surface area is 127 Å². The molecule has 0 aliphatic carbocycles. The monoisotopic (exact) mass is 304 g/mol. The van der Waals surface area contributed by atoms with Crippen LogP contribution in [0.5, 0.6) is 5.75 Å². The van der Waals surface area contributed by atoms with Crippen LogP contribution in [-0.4, -0.2) is 48.7 Å². The van der Waals surface area contributed by atoms with Crippen molar-refractivity contribution in [1.29, 1.82) is 5.26 Å². The Kier molecular flexibility index (Phi) is 4.96. The van der Waals surface area contributed by atoms with Gasteiger partial charge >= 0.3 is 6.09 Å². The van der Waals surface area contributed by atoms with E-state index < -0.39 is 12.2 Å². The van der Waals surface area contributed by atoms with Crippen LogP contribution in [-0.2, 0) is 4.74 Å². The highest BCUT2D eigenvalue weighted by atomic mass is 16.5. The van der Waals surface area contributed by atoms with Gasteiger partial charge in [-0.15, -0.1) is 0 Å². The SMILES string of the molecule is COc1cc([C@@H]2CN(C(=O)O)CCO2)ccc1C(=O)CC#N. The summed E-state index contributed by atoms with van der Waals surface area (Å²) in [6.45, 7) is 0.875. The number of methoxy groups -OCH3 is 1. The number of nitriles is 1. The van der Waals surface area contributed by atoms with Crippen molar-refractivity contribution in [2.24, 2.45) is 0 Å². The molecule has 1 aliphatic heterocycles. The van der Waals surface area contributed by atoms with Gasteiger partial charge in [0, 0.05) is 6.54 Å². The maximum absolute atomic E-state index is 11.8. The Morgan fingerprint density at radius 1 is 1.55 bits per heavy atom. The van der Waals surface area contributed by atoms with E-state index in [1.807, 2.05) is 6.07 Å². The molecule has 22 heavy (non-hydrogen) atoms. The molecule has 1 fully saturated rings. The molecule has 7 nitrogen and oxygen atoms in total. The molecule has 1 aliphatic rings. The molecule has 1 N–H and O–H groups in total. The maximum atomic E-state index is 11.8. The Bertz CT molecular complexity index is 623. The second-order valence-corrected chi connectivity index (χ2v) is 4.81. The van der Waals surface area contributed by atoms with Crippen LogP contribution < -0.4 is 4.74 Å². The second-order valence-electron chi connectivity index (χ2n) is 4.81. The van der Waals surface area contributed by atoms with E-state index in [9.17, 15) is 9.59 Å². The summed E-state index contributed by atoms with van der Waals surface area (Å²) in [6.07, 6.45) is -1.61. The lowest BCUT2D eigenvalue weighted by atomic mass is 10.0. The van der Waals surface area contributed by atoms with Gasteiger partial charge in [0.1, 0.15) is 11.9 Å². The van der Waals surface area contributed by atoms with Crippen molar-refractivity contribution in [3.05, 3.63) is 29.3 Å². The van der Waals surface area contributed by atoms with Crippen molar-refractivity contribution in [3.63, 3.8) is 0 Å². The number of ketones is 1. The zero-order chi connectivity index (χ0) is 16.1. The lowest BCUT2D eigenvalue weighted by Gasteiger charge is -2.31. The predicted molar refractivity (Wildman–Crippen MR) is 75.8 cm³/mol. The zero-order valence-electron chi connectivity index (χ0n) is 12.1. The van der Waals surface area contributed by atoms with E-state index >= 15 is 0 Å². The predicted octanol–water partition coefficient (Wildman–Crippen LogP) is 1.84. The van der Waals surface area contributed by atoms with Gasteiger partial charge in [0.25, 0.3) is 0 Å². The number of ether oxygens (including phenoxy) is 2. The van der Waals surface area contributed by atoms with Gasteiger partial charge in [-0.2, -0.15) is 5.26 Å². The number of hydrogen-bond acceptors (Lipinski definition) is 5. The minimum absolute atomic E-state index is 0.220. The Balaban J connectivity index is 2.24. The molecule has 0 spiro atoms. The molecule has 1 atom stereocenters. The molecule has 0 saturated carbocycles. The number of carbonyl (C=O) groups is 2. The van der Waals surface area contributed by atoms with E-state index in [1.165, 1.54) is 12.0 Å². The minimum atomic E-state index is -0.985. The van der Waals surface area contributed by atoms with Crippen molar-refractivity contribution in [2.45, 2.75) is 12.5 Å². The van der Waals surface area contributed by atoms with Crippen LogP contribution in [0.2, 0.25) is 0 Å². The van der Waals surface area contributed by atoms with Gasteiger partial charge in [-0.1, -0.05) is 6.07 Å². The number of carbonyl (C=O) groups excluding carboxylic acids is 1. The third-order valence-electron chi connectivity index (χ3n) is 3.47. The topological polar surface area (TPSA) is 99.9 Å². The minimum Gasteiger partial charge on any atom is -0.496 e. The standard InChI is InChI=1S/C15H16N2O5/c1-21-13-8-10(2-3-11(13)12(18)4-5-16)14-9-17(15(19)20)6-7-22-14/h2-3,8,14H,4,6-7,9H2,1H3,(H,19,20)/t14-/m0/s1. The molecule has 1 heterocycles. The second kappa shape index (κ2) is 6.91. The van der Waals surface area contributed by atoms with Gasteiger partial charge in [-0.3, -0.25) is 4.79 Å². The highest BCUT2D eigenvalue weighted by Crippen LogP contribution is 2.28. The van der Waals surface area contributed by atoms with Crippen molar-refractivity contribution >= 4 is 11.9 Å². The highest BCUT2D eigenvalue weighted by Gasteiger charge is 2.26. The fourth-order valence-electron chi connectivity index (χ4n) is 2.33. The maximum Gasteiger partial charge on any atom is 0.407 e. The largest absolute Gasteiger partial charge is 0.496 e. The number of benzene rings is 1. The number of carboxylic acid groups (broad SMARTS) is 1. The van der Waals surface area contributed by atoms with Crippen LogP contribution in [0.25, 0.3) is 0 Å². The summed E-state index contributed by atoms with van der Waals surface area (Å²) in [4.78, 5) is 24.2. The van der Waals surface area contributed by atoms with Gasteiger partial charge in [0.15, 0.2) is 5.78 Å². The van der Waals surface area contributed by atoms with Crippen LogP contribution in [0.3, 0.4) is 0 Å². The van der Waals surface area contributed by atoms with Crippen LogP contribution in [0.4, 0.5) is 4.79 Å².